The standard InChI is InChI=1S/C30H34N2O2S2/c1-17-5-13-22(14-6-17)31-23(33)16-32-28-27(36-29(32)34)24(18-9-11-21(12-10-18)30(2,3)4)25-19-7-8-20(15-19)26(25)35-28/h5-6,9-14,19-20,24-26H,7-8,15-16H2,1-4H3,(H,31,33)/t19?,20?,24-,25?,26?/m1/s1. The highest BCUT2D eigenvalue weighted by molar-refractivity contribution is 8.00. The number of nitrogens with zero attached hydrogens (tertiary/aromatic N) is 1. The molecule has 2 bridgehead atoms. The number of rotatable bonds is 4. The quantitative estimate of drug-likeness (QED) is 0.413. The summed E-state index contributed by atoms with van der Waals surface area (Å²) in [6.45, 7) is 8.83. The lowest BCUT2D eigenvalue weighted by atomic mass is 9.74. The van der Waals surface area contributed by atoms with Gasteiger partial charge in [0.05, 0.1) is 5.03 Å². The monoisotopic (exact) mass is 518 g/mol. The highest BCUT2D eigenvalue weighted by Gasteiger charge is 2.55. The Kier molecular flexibility index (Phi) is 5.95. The molecule has 3 aromatic rings. The second-order valence-electron chi connectivity index (χ2n) is 11.9. The van der Waals surface area contributed by atoms with Crippen molar-refractivity contribution in [1.82, 2.24) is 4.57 Å². The number of aromatic nitrogens is 1. The predicted molar refractivity (Wildman–Crippen MR) is 149 cm³/mol. The van der Waals surface area contributed by atoms with Crippen LogP contribution in [0.4, 0.5) is 5.69 Å². The van der Waals surface area contributed by atoms with Crippen LogP contribution in [-0.4, -0.2) is 15.7 Å². The minimum Gasteiger partial charge on any atom is -0.325 e. The summed E-state index contributed by atoms with van der Waals surface area (Å²) >= 11 is 3.25. The van der Waals surface area contributed by atoms with Gasteiger partial charge in [0, 0.05) is 21.7 Å². The van der Waals surface area contributed by atoms with E-state index < -0.39 is 0 Å². The van der Waals surface area contributed by atoms with Crippen molar-refractivity contribution in [3.8, 4) is 0 Å². The zero-order chi connectivity index (χ0) is 25.2. The summed E-state index contributed by atoms with van der Waals surface area (Å²) in [5, 5.41) is 4.54. The van der Waals surface area contributed by atoms with Crippen LogP contribution >= 0.6 is 23.1 Å². The molecule has 4 unspecified atom stereocenters. The van der Waals surface area contributed by atoms with Gasteiger partial charge in [0.25, 0.3) is 0 Å². The average molecular weight is 519 g/mol. The van der Waals surface area contributed by atoms with Crippen molar-refractivity contribution in [2.45, 2.75) is 75.1 Å². The van der Waals surface area contributed by atoms with Crippen molar-refractivity contribution in [2.75, 3.05) is 5.32 Å². The minimum atomic E-state index is -0.150. The maximum absolute atomic E-state index is 13.3. The van der Waals surface area contributed by atoms with Gasteiger partial charge < -0.3 is 5.32 Å². The van der Waals surface area contributed by atoms with Gasteiger partial charge in [0.15, 0.2) is 0 Å². The molecule has 0 spiro atoms. The Morgan fingerprint density at radius 2 is 1.72 bits per heavy atom. The molecule has 36 heavy (non-hydrogen) atoms. The number of benzene rings is 2. The Morgan fingerprint density at radius 3 is 2.42 bits per heavy atom. The van der Waals surface area contributed by atoms with Crippen LogP contribution in [0.5, 0.6) is 0 Å². The maximum Gasteiger partial charge on any atom is 0.308 e. The smallest absolute Gasteiger partial charge is 0.308 e. The summed E-state index contributed by atoms with van der Waals surface area (Å²) in [5.74, 6) is 2.13. The summed E-state index contributed by atoms with van der Waals surface area (Å²) in [7, 11) is 0. The van der Waals surface area contributed by atoms with E-state index in [0.717, 1.165) is 28.1 Å². The maximum atomic E-state index is 13.3. The molecule has 1 N–H and O–H groups in total. The Morgan fingerprint density at radius 1 is 1.03 bits per heavy atom. The van der Waals surface area contributed by atoms with Gasteiger partial charge in [-0.05, 0) is 72.6 Å². The van der Waals surface area contributed by atoms with Crippen molar-refractivity contribution in [2.24, 2.45) is 17.8 Å². The van der Waals surface area contributed by atoms with Gasteiger partial charge in [-0.15, -0.1) is 11.8 Å². The second-order valence-corrected chi connectivity index (χ2v) is 14.0. The van der Waals surface area contributed by atoms with Crippen LogP contribution in [0.3, 0.4) is 0 Å². The number of nitrogens with one attached hydrogen (secondary N) is 1. The van der Waals surface area contributed by atoms with E-state index >= 15 is 0 Å². The molecule has 2 aromatic carbocycles. The normalized spacial score (nSPS) is 26.5. The fraction of sp³-hybridized carbons (Fsp3) is 0.467. The molecule has 0 radical (unpaired) electrons. The summed E-state index contributed by atoms with van der Waals surface area (Å²) < 4.78 is 1.74. The van der Waals surface area contributed by atoms with Gasteiger partial charge in [-0.1, -0.05) is 74.1 Å². The number of carbonyl (C=O) groups is 1. The van der Waals surface area contributed by atoms with Crippen molar-refractivity contribution >= 4 is 34.7 Å². The molecule has 5 atom stereocenters. The summed E-state index contributed by atoms with van der Waals surface area (Å²) in [6, 6.07) is 16.9. The van der Waals surface area contributed by atoms with Crippen LogP contribution in [-0.2, 0) is 16.8 Å². The fourth-order valence-corrected chi connectivity index (χ4v) is 9.78. The molecule has 2 heterocycles. The number of fused-ring (bicyclic) bond motifs is 6. The van der Waals surface area contributed by atoms with Crippen LogP contribution in [0.2, 0.25) is 0 Å². The van der Waals surface area contributed by atoms with Gasteiger partial charge in [-0.2, -0.15) is 0 Å². The molecule has 1 aliphatic heterocycles. The molecule has 1 amide bonds. The first-order chi connectivity index (χ1) is 17.2. The zero-order valence-corrected chi connectivity index (χ0v) is 23.0. The van der Waals surface area contributed by atoms with Crippen molar-refractivity contribution in [1.29, 1.82) is 0 Å². The van der Waals surface area contributed by atoms with E-state index in [4.69, 9.17) is 0 Å². The fourth-order valence-electron chi connectivity index (χ4n) is 6.63. The first kappa shape index (κ1) is 24.1. The van der Waals surface area contributed by atoms with Gasteiger partial charge in [0.1, 0.15) is 6.54 Å². The molecule has 6 rings (SSSR count). The van der Waals surface area contributed by atoms with E-state index in [9.17, 15) is 9.59 Å². The number of aryl methyl sites for hydroxylation is 1. The lowest BCUT2D eigenvalue weighted by Crippen LogP contribution is -2.35. The SMILES string of the molecule is Cc1ccc(NC(=O)Cn2c3c(sc2=O)[C@H](c2ccc(C(C)(C)C)cc2)C2C4CCC(C4)C2S3)cc1. The van der Waals surface area contributed by atoms with Crippen LogP contribution in [0.15, 0.2) is 58.4 Å². The topological polar surface area (TPSA) is 51.1 Å². The first-order valence-electron chi connectivity index (χ1n) is 13.1. The highest BCUT2D eigenvalue weighted by atomic mass is 32.2. The van der Waals surface area contributed by atoms with Crippen LogP contribution < -0.4 is 10.2 Å². The van der Waals surface area contributed by atoms with E-state index in [-0.39, 0.29) is 28.7 Å². The third-order valence-corrected chi connectivity index (χ3v) is 11.3. The van der Waals surface area contributed by atoms with Gasteiger partial charge in [-0.3, -0.25) is 14.2 Å². The molecule has 1 aromatic heterocycles. The highest BCUT2D eigenvalue weighted by Crippen LogP contribution is 2.64. The molecule has 4 nitrogen and oxygen atoms in total. The van der Waals surface area contributed by atoms with Crippen LogP contribution in [0.1, 0.15) is 67.5 Å². The number of hydrogen-bond acceptors (Lipinski definition) is 4. The molecule has 2 saturated carbocycles. The van der Waals surface area contributed by atoms with E-state index in [0.29, 0.717) is 11.2 Å². The second kappa shape index (κ2) is 8.91. The van der Waals surface area contributed by atoms with Crippen molar-refractivity contribution in [3.05, 3.63) is 79.8 Å². The van der Waals surface area contributed by atoms with Crippen LogP contribution in [0, 0.1) is 24.7 Å². The zero-order valence-electron chi connectivity index (χ0n) is 21.4. The Labute approximate surface area is 221 Å². The summed E-state index contributed by atoms with van der Waals surface area (Å²) in [4.78, 5) is 27.4. The largest absolute Gasteiger partial charge is 0.325 e. The number of thiazole rings is 1. The molecule has 2 fully saturated rings. The lowest BCUT2D eigenvalue weighted by Gasteiger charge is -2.40. The number of carbonyl (C=O) groups excluding carboxylic acids is 1. The van der Waals surface area contributed by atoms with Crippen molar-refractivity contribution in [3.63, 3.8) is 0 Å². The third kappa shape index (κ3) is 4.16. The van der Waals surface area contributed by atoms with Crippen molar-refractivity contribution < 1.29 is 4.79 Å². The summed E-state index contributed by atoms with van der Waals surface area (Å²) in [5.41, 5.74) is 4.68. The number of hydrogen-bond donors (Lipinski definition) is 1. The number of amides is 1. The van der Waals surface area contributed by atoms with Gasteiger partial charge >= 0.3 is 4.87 Å². The first-order valence-corrected chi connectivity index (χ1v) is 14.8. The van der Waals surface area contributed by atoms with E-state index in [1.807, 2.05) is 43.0 Å². The molecule has 6 heteroatoms. The average Bonchev–Trinajstić information content (AvgIpc) is 3.53. The third-order valence-electron chi connectivity index (χ3n) is 8.46. The molecule has 2 aliphatic carbocycles. The molecule has 0 saturated heterocycles. The number of anilines is 1. The Bertz CT molecular complexity index is 1350. The van der Waals surface area contributed by atoms with Gasteiger partial charge in [-0.25, -0.2) is 0 Å². The summed E-state index contributed by atoms with van der Waals surface area (Å²) in [6.07, 6.45) is 3.92. The minimum absolute atomic E-state index is 0.0183. The Balaban J connectivity index is 1.35. The molecule has 3 aliphatic rings. The van der Waals surface area contributed by atoms with E-state index in [1.165, 1.54) is 46.6 Å². The van der Waals surface area contributed by atoms with E-state index in [2.05, 4.69) is 50.4 Å². The van der Waals surface area contributed by atoms with Crippen LogP contribution in [0.25, 0.3) is 0 Å². The van der Waals surface area contributed by atoms with Gasteiger partial charge in [0.2, 0.25) is 5.91 Å². The molecular formula is C30H34N2O2S2. The lowest BCUT2D eigenvalue weighted by molar-refractivity contribution is -0.116. The molecule has 188 valence electrons. The molecular weight excluding hydrogens is 484 g/mol. The predicted octanol–water partition coefficient (Wildman–Crippen LogP) is 6.81. The van der Waals surface area contributed by atoms with E-state index in [1.54, 1.807) is 4.57 Å². The number of thioether (sulfide) groups is 1. The Hall–Kier alpha value is -2.31.